The average molecular weight is 553 g/mol. The van der Waals surface area contributed by atoms with Crippen LogP contribution in [0.25, 0.3) is 10.6 Å². The first-order valence-corrected chi connectivity index (χ1v) is 12.6. The molecule has 186 valence electrons. The maximum Gasteiger partial charge on any atom is 0.416 e. The number of carbonyl (C=O) groups is 2. The highest BCUT2D eigenvalue weighted by atomic mass is 32.2. The van der Waals surface area contributed by atoms with Crippen molar-refractivity contribution in [3.8, 4) is 16.3 Å². The monoisotopic (exact) mass is 552 g/mol. The predicted octanol–water partition coefficient (Wildman–Crippen LogP) is 5.07. The third-order valence-electron chi connectivity index (χ3n) is 4.41. The zero-order valence-corrected chi connectivity index (χ0v) is 20.6. The Hall–Kier alpha value is -3.56. The second-order valence-electron chi connectivity index (χ2n) is 6.86. The van der Waals surface area contributed by atoms with Gasteiger partial charge in [0.2, 0.25) is 16.2 Å². The maximum absolute atomic E-state index is 12.9. The van der Waals surface area contributed by atoms with E-state index < -0.39 is 17.6 Å². The lowest BCUT2D eigenvalue weighted by molar-refractivity contribution is -0.137. The van der Waals surface area contributed by atoms with Crippen molar-refractivity contribution in [1.82, 2.24) is 20.4 Å². The van der Waals surface area contributed by atoms with E-state index in [2.05, 4.69) is 31.0 Å². The molecule has 9 nitrogen and oxygen atoms in total. The Morgan fingerprint density at radius 3 is 2.50 bits per heavy atom. The van der Waals surface area contributed by atoms with Crippen molar-refractivity contribution < 1.29 is 27.5 Å². The number of para-hydroxylation sites is 1. The fourth-order valence-corrected chi connectivity index (χ4v) is 5.15. The Labute approximate surface area is 214 Å². The van der Waals surface area contributed by atoms with Gasteiger partial charge in [-0.15, -0.1) is 20.4 Å². The molecule has 0 aliphatic rings. The normalized spacial score (nSPS) is 11.2. The lowest BCUT2D eigenvalue weighted by Gasteiger charge is -2.08. The van der Waals surface area contributed by atoms with Crippen LogP contribution in [0.1, 0.15) is 15.9 Å². The molecule has 0 bridgehead atoms. The van der Waals surface area contributed by atoms with Crippen LogP contribution < -0.4 is 15.4 Å². The molecular weight excluding hydrogens is 537 g/mol. The number of nitrogens with one attached hydrogen (secondary N) is 2. The molecule has 0 atom stereocenters. The quantitative estimate of drug-likeness (QED) is 0.230. The van der Waals surface area contributed by atoms with Crippen molar-refractivity contribution in [2.75, 3.05) is 23.5 Å². The number of alkyl halides is 3. The molecule has 36 heavy (non-hydrogen) atoms. The summed E-state index contributed by atoms with van der Waals surface area (Å²) < 4.78 is 44.3. The SMILES string of the molecule is COc1ccccc1-c1nnc(NC(=O)CSc2nnc(NC(=O)c3cccc(C(F)(F)F)c3)s2)s1. The third kappa shape index (κ3) is 6.35. The van der Waals surface area contributed by atoms with Crippen molar-refractivity contribution in [1.29, 1.82) is 0 Å². The van der Waals surface area contributed by atoms with Crippen LogP contribution in [-0.2, 0) is 11.0 Å². The summed E-state index contributed by atoms with van der Waals surface area (Å²) in [7, 11) is 1.55. The van der Waals surface area contributed by atoms with Gasteiger partial charge in [0.1, 0.15) is 5.75 Å². The second-order valence-corrected chi connectivity index (χ2v) is 10.0. The molecule has 2 amide bonds. The number of thioether (sulfide) groups is 1. The molecule has 2 heterocycles. The largest absolute Gasteiger partial charge is 0.496 e. The number of benzene rings is 2. The number of hydrogen-bond acceptors (Lipinski definition) is 10. The van der Waals surface area contributed by atoms with Gasteiger partial charge in [0, 0.05) is 5.56 Å². The van der Waals surface area contributed by atoms with E-state index in [0.717, 1.165) is 46.9 Å². The highest BCUT2D eigenvalue weighted by molar-refractivity contribution is 8.01. The summed E-state index contributed by atoms with van der Waals surface area (Å²) >= 11 is 3.25. The number of anilines is 2. The maximum atomic E-state index is 12.9. The Morgan fingerprint density at radius 1 is 0.972 bits per heavy atom. The van der Waals surface area contributed by atoms with Crippen LogP contribution in [0.4, 0.5) is 23.4 Å². The van der Waals surface area contributed by atoms with Crippen LogP contribution in [0.2, 0.25) is 0 Å². The molecule has 4 rings (SSSR count). The molecule has 0 saturated carbocycles. The summed E-state index contributed by atoms with van der Waals surface area (Å²) in [6, 6.07) is 11.3. The van der Waals surface area contributed by atoms with Gasteiger partial charge >= 0.3 is 6.18 Å². The van der Waals surface area contributed by atoms with Crippen molar-refractivity contribution in [2.24, 2.45) is 0 Å². The first-order valence-electron chi connectivity index (χ1n) is 9.94. The highest BCUT2D eigenvalue weighted by Crippen LogP contribution is 2.34. The Bertz CT molecular complexity index is 1390. The van der Waals surface area contributed by atoms with Gasteiger partial charge in [-0.2, -0.15) is 13.2 Å². The van der Waals surface area contributed by atoms with Crippen LogP contribution in [-0.4, -0.2) is 45.1 Å². The minimum atomic E-state index is -4.56. The Morgan fingerprint density at radius 2 is 1.72 bits per heavy atom. The topological polar surface area (TPSA) is 119 Å². The average Bonchev–Trinajstić information content (AvgIpc) is 3.51. The number of halogens is 3. The molecule has 2 N–H and O–H groups in total. The Kier molecular flexibility index (Phi) is 7.81. The number of carbonyl (C=O) groups excluding carboxylic acids is 2. The van der Waals surface area contributed by atoms with E-state index in [1.807, 2.05) is 18.2 Å². The molecule has 4 aromatic rings. The lowest BCUT2D eigenvalue weighted by atomic mass is 10.1. The number of ether oxygens (including phenoxy) is 1. The van der Waals surface area contributed by atoms with Gasteiger partial charge in [-0.3, -0.25) is 20.2 Å². The molecular formula is C21H15F3N6O3S3. The highest BCUT2D eigenvalue weighted by Gasteiger charge is 2.31. The smallest absolute Gasteiger partial charge is 0.416 e. The molecule has 15 heteroatoms. The summed E-state index contributed by atoms with van der Waals surface area (Å²) in [4.78, 5) is 24.6. The predicted molar refractivity (Wildman–Crippen MR) is 131 cm³/mol. The van der Waals surface area contributed by atoms with Crippen LogP contribution in [0.3, 0.4) is 0 Å². The second kappa shape index (κ2) is 11.0. The van der Waals surface area contributed by atoms with E-state index >= 15 is 0 Å². The molecule has 0 radical (unpaired) electrons. The number of aromatic nitrogens is 4. The first kappa shape index (κ1) is 25.5. The molecule has 2 aromatic carbocycles. The zero-order chi connectivity index (χ0) is 25.7. The van der Waals surface area contributed by atoms with Crippen molar-refractivity contribution in [3.05, 3.63) is 59.7 Å². The zero-order valence-electron chi connectivity index (χ0n) is 18.2. The number of rotatable bonds is 8. The summed E-state index contributed by atoms with van der Waals surface area (Å²) in [5.74, 6) is -0.491. The van der Waals surface area contributed by atoms with Crippen molar-refractivity contribution in [2.45, 2.75) is 10.5 Å². The van der Waals surface area contributed by atoms with E-state index in [-0.39, 0.29) is 22.4 Å². The third-order valence-corrected chi connectivity index (χ3v) is 7.26. The van der Waals surface area contributed by atoms with Crippen LogP contribution in [0.15, 0.2) is 52.9 Å². The fraction of sp³-hybridized carbons (Fsp3) is 0.143. The van der Waals surface area contributed by atoms with Crippen LogP contribution >= 0.6 is 34.4 Å². The van der Waals surface area contributed by atoms with E-state index in [4.69, 9.17) is 4.74 Å². The number of nitrogens with zero attached hydrogens (tertiary/aromatic N) is 4. The molecule has 0 aliphatic carbocycles. The summed E-state index contributed by atoms with van der Waals surface area (Å²) in [5.41, 5.74) is -0.348. The summed E-state index contributed by atoms with van der Waals surface area (Å²) in [6.45, 7) is 0. The van der Waals surface area contributed by atoms with E-state index in [1.165, 1.54) is 17.4 Å². The Balaban J connectivity index is 1.30. The minimum absolute atomic E-state index is 0.0141. The van der Waals surface area contributed by atoms with Gasteiger partial charge in [-0.25, -0.2) is 0 Å². The minimum Gasteiger partial charge on any atom is -0.496 e. The summed E-state index contributed by atoms with van der Waals surface area (Å²) in [6.07, 6.45) is -4.56. The van der Waals surface area contributed by atoms with Crippen LogP contribution in [0, 0.1) is 0 Å². The van der Waals surface area contributed by atoms with Gasteiger partial charge in [0.05, 0.1) is 24.0 Å². The van der Waals surface area contributed by atoms with Gasteiger partial charge in [-0.05, 0) is 30.3 Å². The molecule has 0 spiro atoms. The molecule has 0 fully saturated rings. The lowest BCUT2D eigenvalue weighted by Crippen LogP contribution is -2.13. The van der Waals surface area contributed by atoms with Crippen molar-refractivity contribution in [3.63, 3.8) is 0 Å². The summed E-state index contributed by atoms with van der Waals surface area (Å²) in [5, 5.41) is 21.8. The number of amides is 2. The number of hydrogen-bond donors (Lipinski definition) is 2. The van der Waals surface area contributed by atoms with E-state index in [0.29, 0.717) is 20.2 Å². The van der Waals surface area contributed by atoms with Gasteiger partial charge < -0.3 is 4.74 Å². The van der Waals surface area contributed by atoms with E-state index in [9.17, 15) is 22.8 Å². The van der Waals surface area contributed by atoms with Crippen molar-refractivity contribution >= 4 is 56.5 Å². The number of methoxy groups -OCH3 is 1. The first-order chi connectivity index (χ1) is 17.2. The van der Waals surface area contributed by atoms with Gasteiger partial charge in [0.25, 0.3) is 5.91 Å². The fourth-order valence-electron chi connectivity index (χ4n) is 2.81. The molecule has 0 saturated heterocycles. The molecule has 0 unspecified atom stereocenters. The van der Waals surface area contributed by atoms with Crippen LogP contribution in [0.5, 0.6) is 5.75 Å². The van der Waals surface area contributed by atoms with Gasteiger partial charge in [-0.1, -0.05) is 52.6 Å². The molecule has 0 aliphatic heterocycles. The van der Waals surface area contributed by atoms with Gasteiger partial charge in [0.15, 0.2) is 9.35 Å². The standard InChI is InChI=1S/C21H15F3N6O3S3/c1-33-14-8-3-2-7-13(14)17-27-28-18(35-17)25-15(31)10-34-20-30-29-19(36-20)26-16(32)11-5-4-6-12(9-11)21(22,23)24/h2-9H,10H2,1H3,(H,25,28,31)(H,26,29,32). The molecule has 2 aromatic heterocycles. The van der Waals surface area contributed by atoms with E-state index in [1.54, 1.807) is 13.2 Å².